The van der Waals surface area contributed by atoms with Gasteiger partial charge >= 0.3 is 161 Å². The van der Waals surface area contributed by atoms with Gasteiger partial charge in [-0.05, 0) is 0 Å². The Labute approximate surface area is 160 Å². The molecule has 0 atom stereocenters. The molecule has 0 aliphatic heterocycles. The van der Waals surface area contributed by atoms with Crippen LogP contribution in [0.3, 0.4) is 0 Å². The quantitative estimate of drug-likeness (QED) is 0.543. The third-order valence-corrected chi connectivity index (χ3v) is 10.6. The number of carbonyl (C=O) groups excluding carboxylic acids is 1. The molecule has 2 aromatic carbocycles. The van der Waals surface area contributed by atoms with Gasteiger partial charge in [0, 0.05) is 0 Å². The van der Waals surface area contributed by atoms with Gasteiger partial charge in [-0.3, -0.25) is 0 Å². The molecule has 1 aliphatic carbocycles. The Balaban J connectivity index is 1.99. The molecule has 3 heteroatoms. The molecular formula is C23H28O2Ti. The fourth-order valence-corrected chi connectivity index (χ4v) is 9.94. The van der Waals surface area contributed by atoms with E-state index in [1.807, 2.05) is 42.5 Å². The van der Waals surface area contributed by atoms with E-state index in [-0.39, 0.29) is 11.4 Å². The van der Waals surface area contributed by atoms with Gasteiger partial charge in [0.1, 0.15) is 0 Å². The first-order valence-corrected chi connectivity index (χ1v) is 13.7. The van der Waals surface area contributed by atoms with Crippen LogP contribution >= 0.6 is 0 Å². The van der Waals surface area contributed by atoms with E-state index in [2.05, 4.69) is 45.1 Å². The van der Waals surface area contributed by atoms with E-state index in [0.717, 1.165) is 10.8 Å². The Morgan fingerprint density at radius 1 is 0.923 bits per heavy atom. The van der Waals surface area contributed by atoms with E-state index in [0.29, 0.717) is 5.56 Å². The third kappa shape index (κ3) is 3.00. The Morgan fingerprint density at radius 2 is 1.54 bits per heavy atom. The van der Waals surface area contributed by atoms with Crippen LogP contribution in [-0.4, -0.2) is 5.97 Å². The summed E-state index contributed by atoms with van der Waals surface area (Å²) < 4.78 is 7.66. The normalized spacial score (nSPS) is 17.2. The zero-order valence-electron chi connectivity index (χ0n) is 16.9. The van der Waals surface area contributed by atoms with Gasteiger partial charge in [-0.25, -0.2) is 0 Å². The van der Waals surface area contributed by atoms with Crippen LogP contribution < -0.4 is 0 Å². The van der Waals surface area contributed by atoms with Crippen molar-refractivity contribution >= 4 is 16.7 Å². The van der Waals surface area contributed by atoms with Crippen LogP contribution in [0.2, 0.25) is 10.5 Å². The maximum atomic E-state index is 13.1. The van der Waals surface area contributed by atoms with Crippen molar-refractivity contribution in [3.63, 3.8) is 0 Å². The first kappa shape index (κ1) is 19.1. The zero-order valence-corrected chi connectivity index (χ0v) is 18.4. The van der Waals surface area contributed by atoms with E-state index in [1.54, 1.807) is 0 Å². The number of benzene rings is 2. The Hall–Kier alpha value is -1.64. The molecular weight excluding hydrogens is 356 g/mol. The topological polar surface area (TPSA) is 26.3 Å². The van der Waals surface area contributed by atoms with E-state index < -0.39 is 17.0 Å². The zero-order chi connectivity index (χ0) is 19.3. The molecule has 0 unspecified atom stereocenters. The van der Waals surface area contributed by atoms with Gasteiger partial charge in [0.2, 0.25) is 0 Å². The second-order valence-electron chi connectivity index (χ2n) is 8.30. The Morgan fingerprint density at radius 3 is 2.15 bits per heavy atom. The molecule has 2 nitrogen and oxygen atoms in total. The van der Waals surface area contributed by atoms with Crippen molar-refractivity contribution in [1.82, 2.24) is 0 Å². The maximum absolute atomic E-state index is 13.1. The third-order valence-electron chi connectivity index (χ3n) is 6.02. The molecule has 2 aromatic rings. The van der Waals surface area contributed by atoms with Crippen molar-refractivity contribution < 1.29 is 25.1 Å². The summed E-state index contributed by atoms with van der Waals surface area (Å²) in [5.74, 6) is -0.190. The molecule has 0 fully saturated rings. The molecule has 0 amide bonds. The molecule has 3 rings (SSSR count). The standard InChI is InChI=1S/C11H8O2.C10H15.2CH3.Ti/c12-11(13)10-7-3-5-8-4-1-2-6-9(8)10;1-7-6-10(4,5)9(3)8(7)2;;;/h1-7H,(H,12,13);1-5H3;2*1H3;/q;;;;+1/p-1. The summed E-state index contributed by atoms with van der Waals surface area (Å²) >= 11 is -3.00. The Bertz CT molecular complexity index is 956. The second-order valence-corrected chi connectivity index (χ2v) is 14.1. The second kappa shape index (κ2) is 6.51. The molecule has 1 aliphatic rings. The Kier molecular flexibility index (Phi) is 4.79. The van der Waals surface area contributed by atoms with Gasteiger partial charge in [-0.15, -0.1) is 0 Å². The van der Waals surface area contributed by atoms with Gasteiger partial charge < -0.3 is 0 Å². The summed E-state index contributed by atoms with van der Waals surface area (Å²) in [6, 6.07) is 13.8. The molecule has 0 spiro atoms. The molecule has 0 aromatic heterocycles. The molecule has 0 saturated heterocycles. The molecule has 0 heterocycles. The first-order chi connectivity index (χ1) is 12.1. The number of carbonyl (C=O) groups is 1. The average Bonchev–Trinajstić information content (AvgIpc) is 2.73. The number of fused-ring (bicyclic) bond motifs is 1. The SMILES string of the molecule is CC1=C(C)C(C)(C)[C]([Ti]([CH3])([CH3])[O]C(=O)c2cccc3ccccc23)=C1C. The summed E-state index contributed by atoms with van der Waals surface area (Å²) in [5, 5.41) is 6.41. The fourth-order valence-electron chi connectivity index (χ4n) is 4.54. The van der Waals surface area contributed by atoms with Crippen LogP contribution in [0.4, 0.5) is 0 Å². The molecule has 0 radical (unpaired) electrons. The van der Waals surface area contributed by atoms with Crippen molar-refractivity contribution in [2.24, 2.45) is 5.41 Å². The predicted molar refractivity (Wildman–Crippen MR) is 106 cm³/mol. The van der Waals surface area contributed by atoms with E-state index >= 15 is 0 Å². The van der Waals surface area contributed by atoms with Crippen LogP contribution in [0.25, 0.3) is 10.8 Å². The van der Waals surface area contributed by atoms with E-state index in [4.69, 9.17) is 3.32 Å². The molecule has 136 valence electrons. The van der Waals surface area contributed by atoms with Gasteiger partial charge in [0.05, 0.1) is 0 Å². The molecule has 0 N–H and O–H groups in total. The average molecular weight is 384 g/mol. The molecule has 26 heavy (non-hydrogen) atoms. The number of hydrogen-bond donors (Lipinski definition) is 0. The number of allylic oxidation sites excluding steroid dienone is 4. The molecule has 0 saturated carbocycles. The van der Waals surface area contributed by atoms with Gasteiger partial charge in [0.25, 0.3) is 0 Å². The summed E-state index contributed by atoms with van der Waals surface area (Å²) in [6.07, 6.45) is 0. The van der Waals surface area contributed by atoms with Crippen LogP contribution in [0.5, 0.6) is 0 Å². The minimum atomic E-state index is -3.00. The van der Waals surface area contributed by atoms with Crippen LogP contribution in [0, 0.1) is 5.41 Å². The van der Waals surface area contributed by atoms with Crippen molar-refractivity contribution in [2.75, 3.05) is 0 Å². The minimum absolute atomic E-state index is 0.0310. The van der Waals surface area contributed by atoms with Crippen molar-refractivity contribution in [3.05, 3.63) is 68.6 Å². The van der Waals surface area contributed by atoms with Crippen molar-refractivity contribution in [3.8, 4) is 0 Å². The van der Waals surface area contributed by atoms with Crippen LogP contribution in [0.1, 0.15) is 45.0 Å². The summed E-state index contributed by atoms with van der Waals surface area (Å²) in [5.41, 5.74) is 4.70. The van der Waals surface area contributed by atoms with E-state index in [9.17, 15) is 4.79 Å². The number of hydrogen-bond acceptors (Lipinski definition) is 2. The van der Waals surface area contributed by atoms with Crippen molar-refractivity contribution in [1.29, 1.82) is 0 Å². The number of rotatable bonds is 3. The predicted octanol–water partition coefficient (Wildman–Crippen LogP) is 6.81. The van der Waals surface area contributed by atoms with Gasteiger partial charge in [0.15, 0.2) is 0 Å². The van der Waals surface area contributed by atoms with Crippen LogP contribution in [-0.2, 0) is 20.3 Å². The first-order valence-electron chi connectivity index (χ1n) is 9.18. The van der Waals surface area contributed by atoms with Gasteiger partial charge in [-0.1, -0.05) is 0 Å². The van der Waals surface area contributed by atoms with Crippen molar-refractivity contribution in [2.45, 2.75) is 45.1 Å². The summed E-state index contributed by atoms with van der Waals surface area (Å²) in [6.45, 7) is 11.1. The van der Waals surface area contributed by atoms with E-state index in [1.165, 1.54) is 20.6 Å². The van der Waals surface area contributed by atoms with Crippen LogP contribution in [0.15, 0.2) is 63.1 Å². The monoisotopic (exact) mass is 384 g/mol. The summed E-state index contributed by atoms with van der Waals surface area (Å²) in [4.78, 5) is 13.1. The fraction of sp³-hybridized carbons (Fsp3) is 0.348. The van der Waals surface area contributed by atoms with Gasteiger partial charge in [-0.2, -0.15) is 0 Å². The molecule has 0 bridgehead atoms. The summed E-state index contributed by atoms with van der Waals surface area (Å²) in [7, 11) is 0.